The number of anilines is 1. The summed E-state index contributed by atoms with van der Waals surface area (Å²) >= 11 is 1.46. The molecule has 2 atom stereocenters. The summed E-state index contributed by atoms with van der Waals surface area (Å²) in [5.74, 6) is 1.13. The summed E-state index contributed by atoms with van der Waals surface area (Å²) in [6, 6.07) is 12.2. The van der Waals surface area contributed by atoms with Crippen LogP contribution in [0.4, 0.5) is 5.13 Å². The zero-order chi connectivity index (χ0) is 29.0. The van der Waals surface area contributed by atoms with Crippen molar-refractivity contribution in [3.63, 3.8) is 0 Å². The minimum atomic E-state index is -3.63. The predicted molar refractivity (Wildman–Crippen MR) is 162 cm³/mol. The molecule has 222 valence electrons. The molecular formula is C30H40N4O5S2. The lowest BCUT2D eigenvalue weighted by Gasteiger charge is -2.34. The molecule has 0 saturated carbocycles. The number of morpholine rings is 1. The quantitative estimate of drug-likeness (QED) is 0.332. The molecule has 1 aromatic heterocycles. The summed E-state index contributed by atoms with van der Waals surface area (Å²) < 4.78 is 40.6. The van der Waals surface area contributed by atoms with Crippen LogP contribution in [0.25, 0.3) is 10.2 Å². The van der Waals surface area contributed by atoms with E-state index >= 15 is 0 Å². The highest BCUT2D eigenvalue weighted by atomic mass is 32.2. The SMILES string of the molecule is CCOc1cccc2sc(N(CCCN3CCOCC3)C(=O)c3ccc(S(=O)(=O)N4CC(C)CC(C)C4)cc3)nc12. The average Bonchev–Trinajstić information content (AvgIpc) is 3.40. The van der Waals surface area contributed by atoms with Crippen LogP contribution in [0.1, 0.15) is 44.0 Å². The third-order valence-electron chi connectivity index (χ3n) is 7.68. The van der Waals surface area contributed by atoms with Crippen molar-refractivity contribution in [2.75, 3.05) is 64.0 Å². The number of sulfonamides is 1. The Morgan fingerprint density at radius 3 is 2.49 bits per heavy atom. The van der Waals surface area contributed by atoms with Crippen LogP contribution in [-0.2, 0) is 14.8 Å². The van der Waals surface area contributed by atoms with E-state index < -0.39 is 10.0 Å². The number of hydrogen-bond donors (Lipinski definition) is 0. The Labute approximate surface area is 247 Å². The van der Waals surface area contributed by atoms with Gasteiger partial charge in [0.25, 0.3) is 5.91 Å². The van der Waals surface area contributed by atoms with Gasteiger partial charge >= 0.3 is 0 Å². The van der Waals surface area contributed by atoms with Gasteiger partial charge in [-0.15, -0.1) is 0 Å². The van der Waals surface area contributed by atoms with Crippen LogP contribution in [0.5, 0.6) is 5.75 Å². The maximum absolute atomic E-state index is 13.9. The summed E-state index contributed by atoms with van der Waals surface area (Å²) in [5.41, 5.74) is 1.17. The fourth-order valence-electron chi connectivity index (χ4n) is 5.74. The van der Waals surface area contributed by atoms with Crippen molar-refractivity contribution in [2.45, 2.75) is 38.5 Å². The smallest absolute Gasteiger partial charge is 0.260 e. The highest BCUT2D eigenvalue weighted by Gasteiger charge is 2.32. The van der Waals surface area contributed by atoms with Crippen molar-refractivity contribution in [3.05, 3.63) is 48.0 Å². The molecular weight excluding hydrogens is 560 g/mol. The van der Waals surface area contributed by atoms with Crippen molar-refractivity contribution in [3.8, 4) is 5.75 Å². The number of nitrogens with zero attached hydrogens (tertiary/aromatic N) is 4. The van der Waals surface area contributed by atoms with Crippen LogP contribution in [-0.4, -0.2) is 87.6 Å². The number of rotatable bonds is 10. The molecule has 2 fully saturated rings. The molecule has 3 heterocycles. The predicted octanol–water partition coefficient (Wildman–Crippen LogP) is 4.73. The normalized spacial score (nSPS) is 20.8. The minimum Gasteiger partial charge on any atom is -0.492 e. The number of para-hydroxylation sites is 1. The van der Waals surface area contributed by atoms with Gasteiger partial charge in [0, 0.05) is 44.8 Å². The van der Waals surface area contributed by atoms with E-state index in [0.29, 0.717) is 54.5 Å². The van der Waals surface area contributed by atoms with Gasteiger partial charge < -0.3 is 9.47 Å². The molecule has 2 aliphatic rings. The number of piperidine rings is 1. The van der Waals surface area contributed by atoms with Gasteiger partial charge in [-0.05, 0) is 68.0 Å². The molecule has 41 heavy (non-hydrogen) atoms. The monoisotopic (exact) mass is 600 g/mol. The second kappa shape index (κ2) is 13.2. The van der Waals surface area contributed by atoms with Gasteiger partial charge in [0.1, 0.15) is 11.3 Å². The number of fused-ring (bicyclic) bond motifs is 1. The van der Waals surface area contributed by atoms with Crippen LogP contribution in [0.2, 0.25) is 0 Å². The van der Waals surface area contributed by atoms with Gasteiger partial charge in [-0.1, -0.05) is 31.3 Å². The van der Waals surface area contributed by atoms with E-state index in [4.69, 9.17) is 14.5 Å². The summed E-state index contributed by atoms with van der Waals surface area (Å²) in [4.78, 5) is 23.1. The molecule has 2 aromatic carbocycles. The van der Waals surface area contributed by atoms with E-state index in [1.807, 2.05) is 25.1 Å². The van der Waals surface area contributed by atoms with Gasteiger partial charge in [-0.2, -0.15) is 4.31 Å². The molecule has 0 aliphatic carbocycles. The highest BCUT2D eigenvalue weighted by molar-refractivity contribution is 7.89. The van der Waals surface area contributed by atoms with E-state index in [1.165, 1.54) is 11.3 Å². The Morgan fingerprint density at radius 2 is 1.80 bits per heavy atom. The van der Waals surface area contributed by atoms with Crippen LogP contribution >= 0.6 is 11.3 Å². The van der Waals surface area contributed by atoms with Crippen molar-refractivity contribution in [2.24, 2.45) is 11.8 Å². The molecule has 0 spiro atoms. The van der Waals surface area contributed by atoms with Crippen molar-refractivity contribution in [1.29, 1.82) is 0 Å². The molecule has 3 aromatic rings. The topological polar surface area (TPSA) is 92.3 Å². The first-order valence-corrected chi connectivity index (χ1v) is 16.8. The first-order valence-electron chi connectivity index (χ1n) is 14.5. The third kappa shape index (κ3) is 6.91. The maximum atomic E-state index is 13.9. The molecule has 11 heteroatoms. The Balaban J connectivity index is 1.39. The molecule has 9 nitrogen and oxygen atoms in total. The number of carbonyl (C=O) groups is 1. The number of hydrogen-bond acceptors (Lipinski definition) is 8. The lowest BCUT2D eigenvalue weighted by atomic mass is 9.94. The maximum Gasteiger partial charge on any atom is 0.260 e. The summed E-state index contributed by atoms with van der Waals surface area (Å²) in [6.45, 7) is 12.3. The van der Waals surface area contributed by atoms with E-state index in [0.717, 1.165) is 55.9 Å². The number of carbonyl (C=O) groups excluding carboxylic acids is 1. The first kappa shape index (κ1) is 29.9. The van der Waals surface area contributed by atoms with E-state index in [-0.39, 0.29) is 10.8 Å². The average molecular weight is 601 g/mol. The summed E-state index contributed by atoms with van der Waals surface area (Å²) in [7, 11) is -3.63. The second-order valence-corrected chi connectivity index (χ2v) is 14.0. The van der Waals surface area contributed by atoms with Crippen LogP contribution < -0.4 is 9.64 Å². The molecule has 0 N–H and O–H groups in total. The van der Waals surface area contributed by atoms with Gasteiger partial charge in [0.15, 0.2) is 5.13 Å². The molecule has 2 saturated heterocycles. The van der Waals surface area contributed by atoms with Crippen molar-refractivity contribution >= 4 is 42.6 Å². The van der Waals surface area contributed by atoms with Crippen molar-refractivity contribution in [1.82, 2.24) is 14.2 Å². The number of benzene rings is 2. The summed E-state index contributed by atoms with van der Waals surface area (Å²) in [5, 5.41) is 0.604. The highest BCUT2D eigenvalue weighted by Crippen LogP contribution is 2.35. The molecule has 0 bridgehead atoms. The number of amides is 1. The third-order valence-corrected chi connectivity index (χ3v) is 10.6. The Morgan fingerprint density at radius 1 is 1.10 bits per heavy atom. The lowest BCUT2D eigenvalue weighted by molar-refractivity contribution is 0.0376. The minimum absolute atomic E-state index is 0.201. The van der Waals surface area contributed by atoms with Crippen molar-refractivity contribution < 1.29 is 22.7 Å². The van der Waals surface area contributed by atoms with E-state index in [9.17, 15) is 13.2 Å². The molecule has 2 unspecified atom stereocenters. The second-order valence-electron chi connectivity index (χ2n) is 11.1. The van der Waals surface area contributed by atoms with Gasteiger partial charge in [-0.3, -0.25) is 14.6 Å². The number of ether oxygens (including phenoxy) is 2. The summed E-state index contributed by atoms with van der Waals surface area (Å²) in [6.07, 6.45) is 1.80. The Bertz CT molecular complexity index is 1430. The van der Waals surface area contributed by atoms with Gasteiger partial charge in [-0.25, -0.2) is 13.4 Å². The standard InChI is InChI=1S/C30H40N4O5S2/c1-4-39-26-7-5-8-27-28(26)31-30(40-27)34(14-6-13-32-15-17-38-18-16-32)29(35)24-9-11-25(12-10-24)41(36,37)33-20-22(2)19-23(3)21-33/h5,7-12,22-23H,4,6,13-21H2,1-3H3. The Hall–Kier alpha value is -2.57. The zero-order valence-corrected chi connectivity index (χ0v) is 25.8. The zero-order valence-electron chi connectivity index (χ0n) is 24.1. The van der Waals surface area contributed by atoms with E-state index in [1.54, 1.807) is 33.5 Å². The molecule has 0 radical (unpaired) electrons. The van der Waals surface area contributed by atoms with Crippen LogP contribution in [0, 0.1) is 11.8 Å². The van der Waals surface area contributed by atoms with E-state index in [2.05, 4.69) is 18.7 Å². The Kier molecular flexibility index (Phi) is 9.60. The molecule has 5 rings (SSSR count). The fraction of sp³-hybridized carbons (Fsp3) is 0.533. The molecule has 2 aliphatic heterocycles. The van der Waals surface area contributed by atoms with Gasteiger partial charge in [0.2, 0.25) is 10.0 Å². The first-order chi connectivity index (χ1) is 19.8. The molecule has 1 amide bonds. The number of thiazole rings is 1. The van der Waals surface area contributed by atoms with Crippen LogP contribution in [0.15, 0.2) is 47.4 Å². The largest absolute Gasteiger partial charge is 0.492 e. The van der Waals surface area contributed by atoms with Gasteiger partial charge in [0.05, 0.1) is 29.4 Å². The fourth-order valence-corrected chi connectivity index (χ4v) is 8.42. The lowest BCUT2D eigenvalue weighted by Crippen LogP contribution is -2.42. The van der Waals surface area contributed by atoms with Crippen LogP contribution in [0.3, 0.4) is 0 Å². The number of aromatic nitrogens is 1.